The average Bonchev–Trinajstić information content (AvgIpc) is 3.29. The Labute approximate surface area is 181 Å². The van der Waals surface area contributed by atoms with Gasteiger partial charge < -0.3 is 15.6 Å². The second-order valence-electron chi connectivity index (χ2n) is 9.24. The predicted octanol–water partition coefficient (Wildman–Crippen LogP) is 5.11. The van der Waals surface area contributed by atoms with Gasteiger partial charge in [-0.3, -0.25) is 0 Å². The number of benzene rings is 1. The Morgan fingerprint density at radius 2 is 1.94 bits per heavy atom. The van der Waals surface area contributed by atoms with E-state index in [4.69, 9.17) is 5.73 Å². The van der Waals surface area contributed by atoms with E-state index < -0.39 is 0 Å². The van der Waals surface area contributed by atoms with Gasteiger partial charge in [0.1, 0.15) is 23.6 Å². The highest BCUT2D eigenvalue weighted by molar-refractivity contribution is 5.87. The number of nitrogen functional groups attached to an aromatic ring is 1. The molecule has 0 radical (unpaired) electrons. The third-order valence-electron chi connectivity index (χ3n) is 6.95. The molecule has 2 fully saturated rings. The summed E-state index contributed by atoms with van der Waals surface area (Å²) in [6.45, 7) is 0. The SMILES string of the molecule is Nc1ccc2ccc(CCC3CCC(n4ccc5c(NC6CC6)ncnc54)C3)cc2n1. The third kappa shape index (κ3) is 3.71. The van der Waals surface area contributed by atoms with Crippen molar-refractivity contribution in [2.24, 2.45) is 5.92 Å². The summed E-state index contributed by atoms with van der Waals surface area (Å²) >= 11 is 0. The van der Waals surface area contributed by atoms with Gasteiger partial charge in [0.2, 0.25) is 0 Å². The quantitative estimate of drug-likeness (QED) is 0.460. The summed E-state index contributed by atoms with van der Waals surface area (Å²) in [6.07, 6.45) is 12.4. The molecule has 2 unspecified atom stereocenters. The van der Waals surface area contributed by atoms with Crippen LogP contribution in [0, 0.1) is 5.92 Å². The Balaban J connectivity index is 1.14. The largest absolute Gasteiger partial charge is 0.384 e. The normalized spacial score (nSPS) is 21.2. The molecule has 158 valence electrons. The van der Waals surface area contributed by atoms with Crippen LogP contribution in [0.3, 0.4) is 0 Å². The topological polar surface area (TPSA) is 81.6 Å². The molecular formula is C25H28N6. The molecule has 2 aliphatic rings. The molecule has 6 nitrogen and oxygen atoms in total. The molecule has 0 amide bonds. The first kappa shape index (κ1) is 18.6. The van der Waals surface area contributed by atoms with Crippen molar-refractivity contribution in [2.75, 3.05) is 11.1 Å². The van der Waals surface area contributed by atoms with Gasteiger partial charge in [-0.25, -0.2) is 15.0 Å². The molecule has 4 aromatic rings. The second-order valence-corrected chi connectivity index (χ2v) is 9.24. The number of rotatable bonds is 6. The summed E-state index contributed by atoms with van der Waals surface area (Å²) < 4.78 is 2.39. The average molecular weight is 413 g/mol. The van der Waals surface area contributed by atoms with Crippen LogP contribution in [0.25, 0.3) is 21.9 Å². The van der Waals surface area contributed by atoms with E-state index in [2.05, 4.69) is 55.3 Å². The van der Waals surface area contributed by atoms with Crippen molar-refractivity contribution in [3.63, 3.8) is 0 Å². The fourth-order valence-corrected chi connectivity index (χ4v) is 5.07. The maximum Gasteiger partial charge on any atom is 0.145 e. The highest BCUT2D eigenvalue weighted by atomic mass is 15.1. The molecule has 2 saturated carbocycles. The number of hydrogen-bond acceptors (Lipinski definition) is 5. The monoisotopic (exact) mass is 412 g/mol. The van der Waals surface area contributed by atoms with Gasteiger partial charge in [0.15, 0.2) is 0 Å². The zero-order chi connectivity index (χ0) is 20.8. The van der Waals surface area contributed by atoms with E-state index in [0.29, 0.717) is 17.9 Å². The lowest BCUT2D eigenvalue weighted by molar-refractivity contribution is 0.461. The minimum atomic E-state index is 0.532. The van der Waals surface area contributed by atoms with Gasteiger partial charge in [0.05, 0.1) is 10.9 Å². The van der Waals surface area contributed by atoms with Crippen LogP contribution >= 0.6 is 0 Å². The number of anilines is 2. The zero-order valence-corrected chi connectivity index (χ0v) is 17.7. The number of nitrogens with two attached hydrogens (primary N) is 1. The highest BCUT2D eigenvalue weighted by Gasteiger charge is 2.28. The fraction of sp³-hybridized carbons (Fsp3) is 0.400. The second kappa shape index (κ2) is 7.52. The molecular weight excluding hydrogens is 384 g/mol. The molecule has 6 heteroatoms. The number of hydrogen-bond donors (Lipinski definition) is 2. The molecule has 6 rings (SSSR count). The number of aryl methyl sites for hydroxylation is 1. The van der Waals surface area contributed by atoms with E-state index in [0.717, 1.165) is 40.1 Å². The molecule has 2 aliphatic carbocycles. The van der Waals surface area contributed by atoms with Gasteiger partial charge in [0, 0.05) is 23.7 Å². The molecule has 0 spiro atoms. The molecule has 3 aromatic heterocycles. The minimum absolute atomic E-state index is 0.532. The lowest BCUT2D eigenvalue weighted by atomic mass is 9.97. The molecule has 3 heterocycles. The van der Waals surface area contributed by atoms with Crippen LogP contribution < -0.4 is 11.1 Å². The van der Waals surface area contributed by atoms with Crippen LogP contribution in [0.2, 0.25) is 0 Å². The van der Waals surface area contributed by atoms with Crippen LogP contribution in [0.4, 0.5) is 11.6 Å². The molecule has 2 atom stereocenters. The third-order valence-corrected chi connectivity index (χ3v) is 6.95. The van der Waals surface area contributed by atoms with Crippen molar-refractivity contribution in [3.8, 4) is 0 Å². The van der Waals surface area contributed by atoms with E-state index in [1.165, 1.54) is 44.1 Å². The number of aromatic nitrogens is 4. The summed E-state index contributed by atoms with van der Waals surface area (Å²) in [5.74, 6) is 2.32. The van der Waals surface area contributed by atoms with Crippen LogP contribution in [-0.2, 0) is 6.42 Å². The maximum absolute atomic E-state index is 5.86. The van der Waals surface area contributed by atoms with E-state index in [1.807, 2.05) is 12.1 Å². The highest BCUT2D eigenvalue weighted by Crippen LogP contribution is 2.39. The van der Waals surface area contributed by atoms with Gasteiger partial charge in [-0.1, -0.05) is 12.1 Å². The lowest BCUT2D eigenvalue weighted by Gasteiger charge is -2.15. The first-order valence-corrected chi connectivity index (χ1v) is 11.5. The molecule has 0 bridgehead atoms. The molecule has 0 saturated heterocycles. The standard InChI is InChI=1S/C25H28N6/c26-23-10-6-18-5-3-17(14-22(18)30-23)2-1-16-4-9-20(13-16)31-12-11-21-24(29-19-7-8-19)27-15-28-25(21)31/h3,5-6,10-12,14-16,19-20H,1-2,4,7-9,13H2,(H2,26,30)(H,27,28,29). The Morgan fingerprint density at radius 3 is 2.84 bits per heavy atom. The van der Waals surface area contributed by atoms with Gasteiger partial charge >= 0.3 is 0 Å². The first-order valence-electron chi connectivity index (χ1n) is 11.5. The fourth-order valence-electron chi connectivity index (χ4n) is 5.07. The van der Waals surface area contributed by atoms with Crippen molar-refractivity contribution in [2.45, 2.75) is 57.0 Å². The number of fused-ring (bicyclic) bond motifs is 2. The van der Waals surface area contributed by atoms with E-state index in [1.54, 1.807) is 6.33 Å². The van der Waals surface area contributed by atoms with Gasteiger partial charge in [-0.15, -0.1) is 0 Å². The lowest BCUT2D eigenvalue weighted by Crippen LogP contribution is -2.07. The smallest absolute Gasteiger partial charge is 0.145 e. The van der Waals surface area contributed by atoms with Gasteiger partial charge in [0.25, 0.3) is 0 Å². The number of pyridine rings is 1. The summed E-state index contributed by atoms with van der Waals surface area (Å²) in [4.78, 5) is 13.6. The van der Waals surface area contributed by atoms with E-state index in [-0.39, 0.29) is 0 Å². The van der Waals surface area contributed by atoms with Crippen molar-refractivity contribution < 1.29 is 0 Å². The summed E-state index contributed by atoms with van der Waals surface area (Å²) in [5, 5.41) is 5.85. The Kier molecular flexibility index (Phi) is 4.51. The van der Waals surface area contributed by atoms with Crippen LogP contribution in [0.5, 0.6) is 0 Å². The summed E-state index contributed by atoms with van der Waals surface area (Å²) in [6, 6.07) is 13.8. The first-order chi connectivity index (χ1) is 15.2. The van der Waals surface area contributed by atoms with Gasteiger partial charge in [-0.2, -0.15) is 0 Å². The van der Waals surface area contributed by atoms with Gasteiger partial charge in [-0.05, 0) is 80.7 Å². The summed E-state index contributed by atoms with van der Waals surface area (Å²) in [7, 11) is 0. The van der Waals surface area contributed by atoms with Crippen LogP contribution in [-0.4, -0.2) is 25.6 Å². The Morgan fingerprint density at radius 1 is 1.03 bits per heavy atom. The predicted molar refractivity (Wildman–Crippen MR) is 125 cm³/mol. The molecule has 3 N–H and O–H groups in total. The van der Waals surface area contributed by atoms with Crippen molar-refractivity contribution >= 4 is 33.6 Å². The number of nitrogens with one attached hydrogen (secondary N) is 1. The zero-order valence-electron chi connectivity index (χ0n) is 17.7. The van der Waals surface area contributed by atoms with E-state index in [9.17, 15) is 0 Å². The Hall–Kier alpha value is -3.15. The van der Waals surface area contributed by atoms with Crippen molar-refractivity contribution in [3.05, 3.63) is 54.5 Å². The summed E-state index contributed by atoms with van der Waals surface area (Å²) in [5.41, 5.74) is 9.28. The molecule has 1 aromatic carbocycles. The van der Waals surface area contributed by atoms with Crippen LogP contribution in [0.15, 0.2) is 48.9 Å². The maximum atomic E-state index is 5.86. The molecule has 0 aliphatic heterocycles. The minimum Gasteiger partial charge on any atom is -0.384 e. The van der Waals surface area contributed by atoms with Crippen LogP contribution in [0.1, 0.15) is 50.1 Å². The molecule has 31 heavy (non-hydrogen) atoms. The Bertz CT molecular complexity index is 1240. The van der Waals surface area contributed by atoms with E-state index >= 15 is 0 Å². The van der Waals surface area contributed by atoms with Crippen molar-refractivity contribution in [1.82, 2.24) is 19.5 Å². The number of nitrogens with zero attached hydrogens (tertiary/aromatic N) is 4. The van der Waals surface area contributed by atoms with Crippen molar-refractivity contribution in [1.29, 1.82) is 0 Å².